The quantitative estimate of drug-likeness (QED) is 0.837. The third kappa shape index (κ3) is 5.56. The molecule has 1 aromatic rings. The van der Waals surface area contributed by atoms with Gasteiger partial charge in [0.15, 0.2) is 0 Å². The second kappa shape index (κ2) is 8.25. The number of nitrogens with zero attached hydrogens (tertiary/aromatic N) is 1. The third-order valence-corrected chi connectivity index (χ3v) is 4.02. The molecule has 0 radical (unpaired) electrons. The fraction of sp³-hybridized carbons (Fsp3) is 0.647. The van der Waals surface area contributed by atoms with Crippen LogP contribution in [0.15, 0.2) is 24.3 Å². The Labute approximate surface area is 128 Å². The predicted octanol–water partition coefficient (Wildman–Crippen LogP) is 3.00. The van der Waals surface area contributed by atoms with Crippen molar-refractivity contribution in [2.24, 2.45) is 0 Å². The zero-order valence-corrected chi connectivity index (χ0v) is 13.5. The summed E-state index contributed by atoms with van der Waals surface area (Å²) in [6, 6.07) is 8.82. The molecule has 0 aromatic heterocycles. The summed E-state index contributed by atoms with van der Waals surface area (Å²) in [5, 5.41) is 3.62. The van der Waals surface area contributed by atoms with Gasteiger partial charge in [-0.15, -0.1) is 0 Å². The van der Waals surface area contributed by atoms with E-state index in [1.807, 2.05) is 19.2 Å². The summed E-state index contributed by atoms with van der Waals surface area (Å²) >= 11 is 0. The van der Waals surface area contributed by atoms with E-state index in [-0.39, 0.29) is 0 Å². The molecule has 118 valence electrons. The maximum atomic E-state index is 5.78. The Morgan fingerprint density at radius 2 is 1.95 bits per heavy atom. The van der Waals surface area contributed by atoms with Crippen LogP contribution in [0.5, 0.6) is 5.75 Å². The molecule has 0 unspecified atom stereocenters. The Bertz CT molecular complexity index is 415. The van der Waals surface area contributed by atoms with Crippen molar-refractivity contribution in [1.29, 1.82) is 0 Å². The minimum atomic E-state index is 0.448. The largest absolute Gasteiger partial charge is 0.492 e. The lowest BCUT2D eigenvalue weighted by molar-refractivity contribution is 0.0682. The molecule has 1 fully saturated rings. The second-order valence-electron chi connectivity index (χ2n) is 6.03. The topological polar surface area (TPSA) is 33.7 Å². The molecule has 0 atom stereocenters. The van der Waals surface area contributed by atoms with E-state index in [0.29, 0.717) is 12.1 Å². The molecule has 21 heavy (non-hydrogen) atoms. The smallest absolute Gasteiger partial charge is 0.121 e. The molecule has 1 aliphatic rings. The number of benzene rings is 1. The van der Waals surface area contributed by atoms with Crippen LogP contribution in [0.25, 0.3) is 0 Å². The lowest BCUT2D eigenvalue weighted by Gasteiger charge is -2.29. The Kier molecular flexibility index (Phi) is 6.33. The zero-order chi connectivity index (χ0) is 15.1. The summed E-state index contributed by atoms with van der Waals surface area (Å²) in [6.45, 7) is 1.65. The first kappa shape index (κ1) is 16.1. The molecule has 1 N–H and O–H groups in total. The molecule has 0 aliphatic heterocycles. The van der Waals surface area contributed by atoms with E-state index >= 15 is 0 Å². The molecule has 0 saturated heterocycles. The molecule has 0 spiro atoms. The average molecular weight is 292 g/mol. The minimum Gasteiger partial charge on any atom is -0.492 e. The summed E-state index contributed by atoms with van der Waals surface area (Å²) in [5.41, 5.74) is 1.15. The fourth-order valence-corrected chi connectivity index (χ4v) is 2.70. The van der Waals surface area contributed by atoms with Crippen LogP contribution in [-0.2, 0) is 4.74 Å². The molecular weight excluding hydrogens is 264 g/mol. The van der Waals surface area contributed by atoms with E-state index in [2.05, 4.69) is 36.4 Å². The molecule has 1 aromatic carbocycles. The number of nitrogens with one attached hydrogen (secondary N) is 1. The molecule has 1 aliphatic carbocycles. The van der Waals surface area contributed by atoms with Crippen molar-refractivity contribution in [1.82, 2.24) is 4.90 Å². The number of likely N-dealkylation sites (N-methyl/N-ethyl adjacent to an activating group) is 1. The predicted molar refractivity (Wildman–Crippen MR) is 87.2 cm³/mol. The molecule has 4 nitrogen and oxygen atoms in total. The van der Waals surface area contributed by atoms with Gasteiger partial charge in [0.05, 0.1) is 6.10 Å². The van der Waals surface area contributed by atoms with Crippen LogP contribution in [0.1, 0.15) is 25.7 Å². The third-order valence-electron chi connectivity index (χ3n) is 4.02. The lowest BCUT2D eigenvalue weighted by Crippen LogP contribution is -2.29. The van der Waals surface area contributed by atoms with Gasteiger partial charge in [0, 0.05) is 31.5 Å². The minimum absolute atomic E-state index is 0.448. The van der Waals surface area contributed by atoms with Gasteiger partial charge in [0.25, 0.3) is 0 Å². The van der Waals surface area contributed by atoms with Crippen molar-refractivity contribution in [3.63, 3.8) is 0 Å². The SMILES string of the molecule is COC1CCC(Nc2cccc(OCCN(C)C)c2)CC1. The average Bonchev–Trinajstić information content (AvgIpc) is 2.48. The highest BCUT2D eigenvalue weighted by Gasteiger charge is 2.20. The van der Waals surface area contributed by atoms with Gasteiger partial charge in [-0.05, 0) is 51.9 Å². The van der Waals surface area contributed by atoms with Gasteiger partial charge in [0.1, 0.15) is 12.4 Å². The van der Waals surface area contributed by atoms with Crippen molar-refractivity contribution >= 4 is 5.69 Å². The van der Waals surface area contributed by atoms with Crippen LogP contribution >= 0.6 is 0 Å². The molecule has 1 saturated carbocycles. The summed E-state index contributed by atoms with van der Waals surface area (Å²) in [5.74, 6) is 0.937. The van der Waals surface area contributed by atoms with Crippen molar-refractivity contribution in [3.05, 3.63) is 24.3 Å². The highest BCUT2D eigenvalue weighted by molar-refractivity contribution is 5.48. The van der Waals surface area contributed by atoms with Crippen molar-refractivity contribution < 1.29 is 9.47 Å². The fourth-order valence-electron chi connectivity index (χ4n) is 2.70. The number of hydrogen-bond donors (Lipinski definition) is 1. The van der Waals surface area contributed by atoms with Gasteiger partial charge in [-0.2, -0.15) is 0 Å². The van der Waals surface area contributed by atoms with Crippen LogP contribution in [0.3, 0.4) is 0 Å². The van der Waals surface area contributed by atoms with E-state index in [1.165, 1.54) is 12.8 Å². The number of ether oxygens (including phenoxy) is 2. The highest BCUT2D eigenvalue weighted by Crippen LogP contribution is 2.25. The summed E-state index contributed by atoms with van der Waals surface area (Å²) in [7, 11) is 5.92. The first-order chi connectivity index (χ1) is 10.2. The van der Waals surface area contributed by atoms with Crippen molar-refractivity contribution in [2.75, 3.05) is 39.7 Å². The summed E-state index contributed by atoms with van der Waals surface area (Å²) in [4.78, 5) is 2.12. The van der Waals surface area contributed by atoms with E-state index in [0.717, 1.165) is 37.4 Å². The van der Waals surface area contributed by atoms with Crippen LogP contribution in [-0.4, -0.2) is 51.4 Å². The normalized spacial score (nSPS) is 22.3. The molecule has 0 bridgehead atoms. The van der Waals surface area contributed by atoms with Crippen LogP contribution < -0.4 is 10.1 Å². The van der Waals surface area contributed by atoms with Crippen molar-refractivity contribution in [2.45, 2.75) is 37.8 Å². The van der Waals surface area contributed by atoms with Crippen molar-refractivity contribution in [3.8, 4) is 5.75 Å². The summed E-state index contributed by atoms with van der Waals surface area (Å²) < 4.78 is 11.2. The van der Waals surface area contributed by atoms with Crippen LogP contribution in [0.2, 0.25) is 0 Å². The standard InChI is InChI=1S/C17H28N2O2/c1-19(2)11-12-21-17-6-4-5-15(13-17)18-14-7-9-16(20-3)10-8-14/h4-6,13-14,16,18H,7-12H2,1-3H3. The zero-order valence-electron chi connectivity index (χ0n) is 13.5. The molecule has 4 heteroatoms. The maximum absolute atomic E-state index is 5.78. The van der Waals surface area contributed by atoms with E-state index in [4.69, 9.17) is 9.47 Å². The number of anilines is 1. The van der Waals surface area contributed by atoms with Gasteiger partial charge in [-0.3, -0.25) is 0 Å². The number of methoxy groups -OCH3 is 1. The van der Waals surface area contributed by atoms with Gasteiger partial charge in [-0.1, -0.05) is 6.07 Å². The van der Waals surface area contributed by atoms with Gasteiger partial charge >= 0.3 is 0 Å². The maximum Gasteiger partial charge on any atom is 0.121 e. The monoisotopic (exact) mass is 292 g/mol. The highest BCUT2D eigenvalue weighted by atomic mass is 16.5. The first-order valence-corrected chi connectivity index (χ1v) is 7.84. The number of rotatable bonds is 7. The van der Waals surface area contributed by atoms with Gasteiger partial charge in [0.2, 0.25) is 0 Å². The van der Waals surface area contributed by atoms with E-state index in [9.17, 15) is 0 Å². The number of hydrogen-bond acceptors (Lipinski definition) is 4. The van der Waals surface area contributed by atoms with E-state index in [1.54, 1.807) is 0 Å². The molecule has 0 amide bonds. The second-order valence-corrected chi connectivity index (χ2v) is 6.03. The summed E-state index contributed by atoms with van der Waals surface area (Å²) in [6.07, 6.45) is 5.08. The molecule has 2 rings (SSSR count). The van der Waals surface area contributed by atoms with Crippen LogP contribution in [0.4, 0.5) is 5.69 Å². The Morgan fingerprint density at radius 1 is 1.19 bits per heavy atom. The Morgan fingerprint density at radius 3 is 2.62 bits per heavy atom. The van der Waals surface area contributed by atoms with E-state index < -0.39 is 0 Å². The van der Waals surface area contributed by atoms with Gasteiger partial charge in [-0.25, -0.2) is 0 Å². The van der Waals surface area contributed by atoms with Gasteiger partial charge < -0.3 is 19.7 Å². The first-order valence-electron chi connectivity index (χ1n) is 7.84. The molecule has 0 heterocycles. The lowest BCUT2D eigenvalue weighted by atomic mass is 9.93. The van der Waals surface area contributed by atoms with Crippen LogP contribution in [0, 0.1) is 0 Å². The molecular formula is C17H28N2O2. The Hall–Kier alpha value is -1.26. The Balaban J connectivity index is 1.81.